The van der Waals surface area contributed by atoms with Gasteiger partial charge in [-0.05, 0) is 6.92 Å². The molecule has 0 amide bonds. The molecule has 5 heteroatoms. The van der Waals surface area contributed by atoms with E-state index in [2.05, 4.69) is 10.1 Å². The second-order valence-corrected chi connectivity index (χ2v) is 3.24. The van der Waals surface area contributed by atoms with Crippen LogP contribution < -0.4 is 5.32 Å². The van der Waals surface area contributed by atoms with Gasteiger partial charge in [-0.1, -0.05) is 0 Å². The van der Waals surface area contributed by atoms with Crippen LogP contribution in [0.4, 0.5) is 4.39 Å². The van der Waals surface area contributed by atoms with Gasteiger partial charge in [0.15, 0.2) is 5.78 Å². The molecule has 0 aromatic heterocycles. The highest BCUT2D eigenvalue weighted by atomic mass is 19.1. The van der Waals surface area contributed by atoms with Crippen LogP contribution in [0.3, 0.4) is 0 Å². The molecule has 1 heterocycles. The summed E-state index contributed by atoms with van der Waals surface area (Å²) in [6, 6.07) is -0.519. The predicted octanol–water partition coefficient (Wildman–Crippen LogP) is 0.209. The Bertz CT molecular complexity index is 232. The van der Waals surface area contributed by atoms with Crippen LogP contribution in [-0.4, -0.2) is 37.1 Å². The largest absolute Gasteiger partial charge is 0.466 e. The summed E-state index contributed by atoms with van der Waals surface area (Å²) in [4.78, 5) is 22.3. The highest BCUT2D eigenvalue weighted by molar-refractivity contribution is 5.98. The summed E-state index contributed by atoms with van der Waals surface area (Å²) in [6.45, 7) is 2.13. The Kier molecular flexibility index (Phi) is 4.00. The summed E-state index contributed by atoms with van der Waals surface area (Å²) in [7, 11) is 0. The molecule has 2 atom stereocenters. The number of ether oxygens (including phenoxy) is 1. The van der Waals surface area contributed by atoms with E-state index in [1.807, 2.05) is 0 Å². The summed E-state index contributed by atoms with van der Waals surface area (Å²) in [5.41, 5.74) is 0. The van der Waals surface area contributed by atoms with Gasteiger partial charge >= 0.3 is 5.97 Å². The molecule has 1 fully saturated rings. The number of carbonyl (C=O) groups excluding carboxylic acids is 2. The highest BCUT2D eigenvalue weighted by Crippen LogP contribution is 2.12. The maximum absolute atomic E-state index is 12.7. The predicted molar refractivity (Wildman–Crippen MR) is 47.6 cm³/mol. The Hall–Kier alpha value is -0.970. The number of hydrogen-bond donors (Lipinski definition) is 1. The van der Waals surface area contributed by atoms with E-state index < -0.39 is 18.2 Å². The van der Waals surface area contributed by atoms with Crippen LogP contribution in [-0.2, 0) is 14.3 Å². The number of rotatable bonds is 4. The fourth-order valence-corrected chi connectivity index (χ4v) is 1.42. The smallest absolute Gasteiger partial charge is 0.313 e. The molecule has 1 rings (SSSR count). The van der Waals surface area contributed by atoms with Crippen molar-refractivity contribution in [2.24, 2.45) is 0 Å². The summed E-state index contributed by atoms with van der Waals surface area (Å²) >= 11 is 0. The van der Waals surface area contributed by atoms with E-state index in [0.717, 1.165) is 0 Å². The Morgan fingerprint density at radius 3 is 2.79 bits per heavy atom. The molecule has 0 bridgehead atoms. The van der Waals surface area contributed by atoms with Gasteiger partial charge in [-0.2, -0.15) is 0 Å². The number of ketones is 1. The first kappa shape index (κ1) is 11.1. The zero-order valence-electron chi connectivity index (χ0n) is 8.09. The van der Waals surface area contributed by atoms with Crippen LogP contribution in [0.15, 0.2) is 0 Å². The number of Topliss-reactive ketones (excluding diaryl/α,β-unsaturated/α-hetero) is 1. The van der Waals surface area contributed by atoms with Crippen molar-refractivity contribution in [3.8, 4) is 0 Å². The Labute approximate surface area is 81.8 Å². The fourth-order valence-electron chi connectivity index (χ4n) is 1.42. The lowest BCUT2D eigenvalue weighted by Gasteiger charge is -2.07. The van der Waals surface area contributed by atoms with Crippen molar-refractivity contribution in [3.05, 3.63) is 0 Å². The molecule has 0 radical (unpaired) electrons. The van der Waals surface area contributed by atoms with E-state index >= 15 is 0 Å². The van der Waals surface area contributed by atoms with Crippen molar-refractivity contribution in [2.45, 2.75) is 32.0 Å². The first-order valence-electron chi connectivity index (χ1n) is 4.69. The molecule has 0 saturated carbocycles. The monoisotopic (exact) mass is 203 g/mol. The first-order valence-corrected chi connectivity index (χ1v) is 4.69. The van der Waals surface area contributed by atoms with Crippen molar-refractivity contribution in [2.75, 3.05) is 13.2 Å². The molecule has 4 nitrogen and oxygen atoms in total. The van der Waals surface area contributed by atoms with Crippen LogP contribution in [0.5, 0.6) is 0 Å². The third-order valence-electron chi connectivity index (χ3n) is 2.09. The molecule has 1 aliphatic rings. The Morgan fingerprint density at radius 1 is 1.57 bits per heavy atom. The third-order valence-corrected chi connectivity index (χ3v) is 2.09. The van der Waals surface area contributed by atoms with E-state index in [-0.39, 0.29) is 31.8 Å². The van der Waals surface area contributed by atoms with E-state index in [9.17, 15) is 14.0 Å². The van der Waals surface area contributed by atoms with Gasteiger partial charge in [0.1, 0.15) is 12.6 Å². The van der Waals surface area contributed by atoms with Gasteiger partial charge in [-0.3, -0.25) is 9.59 Å². The Balaban J connectivity index is 2.31. The van der Waals surface area contributed by atoms with E-state index in [4.69, 9.17) is 0 Å². The van der Waals surface area contributed by atoms with Gasteiger partial charge in [0.05, 0.1) is 12.6 Å². The first-order chi connectivity index (χ1) is 6.63. The molecule has 0 spiro atoms. The lowest BCUT2D eigenvalue weighted by molar-refractivity contribution is -0.145. The van der Waals surface area contributed by atoms with Gasteiger partial charge in [0, 0.05) is 13.0 Å². The van der Waals surface area contributed by atoms with Crippen LogP contribution >= 0.6 is 0 Å². The molecule has 0 aromatic carbocycles. The lowest BCUT2D eigenvalue weighted by Crippen LogP contribution is -2.32. The van der Waals surface area contributed by atoms with Crippen molar-refractivity contribution in [1.29, 1.82) is 0 Å². The van der Waals surface area contributed by atoms with E-state index in [1.54, 1.807) is 6.92 Å². The summed E-state index contributed by atoms with van der Waals surface area (Å²) < 4.78 is 17.3. The van der Waals surface area contributed by atoms with Gasteiger partial charge in [0.2, 0.25) is 0 Å². The van der Waals surface area contributed by atoms with Crippen LogP contribution in [0, 0.1) is 0 Å². The van der Waals surface area contributed by atoms with Crippen molar-refractivity contribution < 1.29 is 18.7 Å². The molecule has 1 saturated heterocycles. The zero-order chi connectivity index (χ0) is 10.6. The normalized spacial score (nSPS) is 26.1. The van der Waals surface area contributed by atoms with Gasteiger partial charge in [0.25, 0.3) is 0 Å². The summed E-state index contributed by atoms with van der Waals surface area (Å²) in [6.07, 6.45) is -1.08. The Morgan fingerprint density at radius 2 is 2.29 bits per heavy atom. The highest BCUT2D eigenvalue weighted by Gasteiger charge is 2.30. The van der Waals surface area contributed by atoms with Gasteiger partial charge in [-0.15, -0.1) is 0 Å². The molecule has 0 aromatic rings. The molecule has 2 unspecified atom stereocenters. The molecule has 0 aliphatic carbocycles. The average Bonchev–Trinajstić information content (AvgIpc) is 2.52. The van der Waals surface area contributed by atoms with Crippen LogP contribution in [0.25, 0.3) is 0 Å². The van der Waals surface area contributed by atoms with Crippen LogP contribution in [0.1, 0.15) is 19.8 Å². The van der Waals surface area contributed by atoms with E-state index in [0.29, 0.717) is 0 Å². The number of alkyl halides is 1. The van der Waals surface area contributed by atoms with Crippen molar-refractivity contribution in [3.63, 3.8) is 0 Å². The number of hydrogen-bond acceptors (Lipinski definition) is 4. The molecule has 80 valence electrons. The van der Waals surface area contributed by atoms with Crippen molar-refractivity contribution >= 4 is 11.8 Å². The lowest BCUT2D eigenvalue weighted by atomic mass is 10.1. The number of halogens is 1. The second-order valence-electron chi connectivity index (χ2n) is 3.24. The maximum Gasteiger partial charge on any atom is 0.313 e. The topological polar surface area (TPSA) is 55.4 Å². The maximum atomic E-state index is 12.7. The minimum Gasteiger partial charge on any atom is -0.466 e. The SMILES string of the molecule is CCOC(=O)CC(=O)C1CC(F)CN1. The minimum atomic E-state index is -0.980. The molecule has 1 aliphatic heterocycles. The third kappa shape index (κ3) is 3.06. The molecular formula is C9H14FNO3. The average molecular weight is 203 g/mol. The molecule has 1 N–H and O–H groups in total. The van der Waals surface area contributed by atoms with Crippen molar-refractivity contribution in [1.82, 2.24) is 5.32 Å². The number of nitrogens with one attached hydrogen (secondary N) is 1. The van der Waals surface area contributed by atoms with E-state index in [1.165, 1.54) is 0 Å². The molecular weight excluding hydrogens is 189 g/mol. The summed E-state index contributed by atoms with van der Waals surface area (Å²) in [5.74, 6) is -0.829. The minimum absolute atomic E-state index is 0.165. The summed E-state index contributed by atoms with van der Waals surface area (Å²) in [5, 5.41) is 2.72. The number of esters is 1. The van der Waals surface area contributed by atoms with Crippen LogP contribution in [0.2, 0.25) is 0 Å². The van der Waals surface area contributed by atoms with Gasteiger partial charge < -0.3 is 10.1 Å². The standard InChI is InChI=1S/C9H14FNO3/c1-2-14-9(13)4-8(12)7-3-6(10)5-11-7/h6-7,11H,2-5H2,1H3. The second kappa shape index (κ2) is 5.05. The quantitative estimate of drug-likeness (QED) is 0.524. The number of carbonyl (C=O) groups is 2. The molecule has 14 heavy (non-hydrogen) atoms. The van der Waals surface area contributed by atoms with Gasteiger partial charge in [-0.25, -0.2) is 4.39 Å². The fraction of sp³-hybridized carbons (Fsp3) is 0.778. The zero-order valence-corrected chi connectivity index (χ0v) is 8.09.